The molecule has 1 aromatic carbocycles. The molecule has 0 aliphatic rings. The van der Waals surface area contributed by atoms with Crippen molar-refractivity contribution in [3.05, 3.63) is 47.8 Å². The maximum absolute atomic E-state index is 12.8. The standard InChI is InChI=1S/C17H20FN3O3/c1-17(2,3)14-12(15(22)19-13(9-18)16(23)24)10-21(20-14)11-7-5-4-6-8-11/h4-8,10,13H,9H2,1-3H3,(H,19,22)(H,23,24). The lowest BCUT2D eigenvalue weighted by molar-refractivity contribution is -0.139. The first-order valence-corrected chi connectivity index (χ1v) is 7.49. The molecule has 24 heavy (non-hydrogen) atoms. The Kier molecular flexibility index (Phi) is 5.02. The summed E-state index contributed by atoms with van der Waals surface area (Å²) >= 11 is 0. The molecular weight excluding hydrogens is 313 g/mol. The molecule has 1 atom stereocenters. The minimum atomic E-state index is -1.58. The molecule has 2 rings (SSSR count). The van der Waals surface area contributed by atoms with Crippen LogP contribution >= 0.6 is 0 Å². The maximum atomic E-state index is 12.8. The molecule has 128 valence electrons. The number of rotatable bonds is 5. The third kappa shape index (κ3) is 3.79. The monoisotopic (exact) mass is 333 g/mol. The second-order valence-electron chi connectivity index (χ2n) is 6.44. The topological polar surface area (TPSA) is 84.2 Å². The van der Waals surface area contributed by atoms with E-state index in [1.165, 1.54) is 6.20 Å². The van der Waals surface area contributed by atoms with Gasteiger partial charge in [0, 0.05) is 11.6 Å². The van der Waals surface area contributed by atoms with E-state index >= 15 is 0 Å². The first-order chi connectivity index (χ1) is 11.2. The van der Waals surface area contributed by atoms with Crippen LogP contribution in [0.25, 0.3) is 5.69 Å². The van der Waals surface area contributed by atoms with Gasteiger partial charge in [-0.15, -0.1) is 0 Å². The van der Waals surface area contributed by atoms with Gasteiger partial charge in [0.15, 0.2) is 6.04 Å². The van der Waals surface area contributed by atoms with E-state index in [-0.39, 0.29) is 5.56 Å². The highest BCUT2D eigenvalue weighted by molar-refractivity contribution is 5.97. The van der Waals surface area contributed by atoms with E-state index in [0.29, 0.717) is 5.69 Å². The lowest BCUT2D eigenvalue weighted by atomic mass is 9.89. The van der Waals surface area contributed by atoms with E-state index in [0.717, 1.165) is 5.69 Å². The molecule has 1 aromatic heterocycles. The summed E-state index contributed by atoms with van der Waals surface area (Å²) in [5, 5.41) is 15.6. The minimum absolute atomic E-state index is 0.228. The summed E-state index contributed by atoms with van der Waals surface area (Å²) in [6, 6.07) is 7.65. The van der Waals surface area contributed by atoms with E-state index in [1.54, 1.807) is 4.68 Å². The summed E-state index contributed by atoms with van der Waals surface area (Å²) in [6.07, 6.45) is 1.53. The normalized spacial score (nSPS) is 12.7. The largest absolute Gasteiger partial charge is 0.480 e. The number of nitrogens with one attached hydrogen (secondary N) is 1. The Morgan fingerprint density at radius 3 is 2.42 bits per heavy atom. The highest BCUT2D eigenvalue weighted by Gasteiger charge is 2.29. The van der Waals surface area contributed by atoms with Crippen LogP contribution in [-0.2, 0) is 10.2 Å². The summed E-state index contributed by atoms with van der Waals surface area (Å²) in [6.45, 7) is 4.50. The average Bonchev–Trinajstić information content (AvgIpc) is 2.98. The predicted octanol–water partition coefficient (Wildman–Crippen LogP) is 2.32. The smallest absolute Gasteiger partial charge is 0.328 e. The van der Waals surface area contributed by atoms with Gasteiger partial charge in [-0.25, -0.2) is 13.9 Å². The number of halogens is 1. The Morgan fingerprint density at radius 1 is 1.29 bits per heavy atom. The Labute approximate surface area is 139 Å². The minimum Gasteiger partial charge on any atom is -0.480 e. The molecule has 7 heteroatoms. The zero-order valence-electron chi connectivity index (χ0n) is 13.8. The van der Waals surface area contributed by atoms with Gasteiger partial charge in [0.2, 0.25) is 0 Å². The lowest BCUT2D eigenvalue weighted by Gasteiger charge is -2.18. The molecule has 0 bridgehead atoms. The Bertz CT molecular complexity index is 735. The molecule has 2 N–H and O–H groups in total. The van der Waals surface area contributed by atoms with Crippen LogP contribution in [0, 0.1) is 0 Å². The van der Waals surface area contributed by atoms with Gasteiger partial charge in [-0.3, -0.25) is 4.79 Å². The highest BCUT2D eigenvalue weighted by Crippen LogP contribution is 2.25. The molecule has 0 saturated heterocycles. The van der Waals surface area contributed by atoms with E-state index < -0.39 is 30.0 Å². The van der Waals surface area contributed by atoms with Crippen molar-refractivity contribution in [2.24, 2.45) is 0 Å². The van der Waals surface area contributed by atoms with Crippen molar-refractivity contribution >= 4 is 11.9 Å². The van der Waals surface area contributed by atoms with Crippen LogP contribution in [0.2, 0.25) is 0 Å². The molecule has 0 aliphatic heterocycles. The lowest BCUT2D eigenvalue weighted by Crippen LogP contribution is -2.42. The van der Waals surface area contributed by atoms with Crippen molar-refractivity contribution in [2.45, 2.75) is 32.2 Å². The van der Waals surface area contributed by atoms with Crippen LogP contribution < -0.4 is 5.32 Å². The number of alkyl halides is 1. The van der Waals surface area contributed by atoms with E-state index in [2.05, 4.69) is 10.4 Å². The van der Waals surface area contributed by atoms with Gasteiger partial charge in [-0.05, 0) is 12.1 Å². The van der Waals surface area contributed by atoms with Gasteiger partial charge in [-0.2, -0.15) is 5.10 Å². The number of aliphatic carboxylic acids is 1. The van der Waals surface area contributed by atoms with Crippen LogP contribution in [0.3, 0.4) is 0 Å². The third-order valence-corrected chi connectivity index (χ3v) is 3.45. The van der Waals surface area contributed by atoms with E-state index in [9.17, 15) is 14.0 Å². The fourth-order valence-corrected chi connectivity index (χ4v) is 2.21. The molecule has 0 fully saturated rings. The number of carboxylic acid groups (broad SMARTS) is 1. The average molecular weight is 333 g/mol. The Hall–Kier alpha value is -2.70. The fraction of sp³-hybridized carbons (Fsp3) is 0.353. The van der Waals surface area contributed by atoms with E-state index in [1.807, 2.05) is 51.1 Å². The SMILES string of the molecule is CC(C)(C)c1nn(-c2ccccc2)cc1C(=O)NC(CF)C(=O)O. The van der Waals surface area contributed by atoms with Crippen LogP contribution in [0.4, 0.5) is 4.39 Å². The van der Waals surface area contributed by atoms with Gasteiger partial charge in [0.05, 0.1) is 16.9 Å². The first kappa shape index (κ1) is 17.7. The number of amides is 1. The summed E-state index contributed by atoms with van der Waals surface area (Å²) in [7, 11) is 0. The second kappa shape index (κ2) is 6.82. The third-order valence-electron chi connectivity index (χ3n) is 3.45. The van der Waals surface area contributed by atoms with Gasteiger partial charge < -0.3 is 10.4 Å². The number of nitrogens with zero attached hydrogens (tertiary/aromatic N) is 2. The maximum Gasteiger partial charge on any atom is 0.328 e. The number of para-hydroxylation sites is 1. The number of hydrogen-bond acceptors (Lipinski definition) is 3. The molecule has 0 aliphatic carbocycles. The zero-order chi connectivity index (χ0) is 17.9. The summed E-state index contributed by atoms with van der Waals surface area (Å²) < 4.78 is 14.3. The number of hydrogen-bond donors (Lipinski definition) is 2. The molecule has 6 nitrogen and oxygen atoms in total. The molecule has 1 amide bonds. The zero-order valence-corrected chi connectivity index (χ0v) is 13.8. The van der Waals surface area contributed by atoms with Gasteiger partial charge in [-0.1, -0.05) is 39.0 Å². The number of benzene rings is 1. The fourth-order valence-electron chi connectivity index (χ4n) is 2.21. The van der Waals surface area contributed by atoms with Crippen molar-refractivity contribution in [3.63, 3.8) is 0 Å². The van der Waals surface area contributed by atoms with Gasteiger partial charge in [0.1, 0.15) is 6.67 Å². The van der Waals surface area contributed by atoms with Crippen molar-refractivity contribution in [1.29, 1.82) is 0 Å². The molecule has 0 saturated carbocycles. The molecule has 0 spiro atoms. The van der Waals surface area contributed by atoms with Crippen molar-refractivity contribution < 1.29 is 19.1 Å². The second-order valence-corrected chi connectivity index (χ2v) is 6.44. The number of carboxylic acids is 1. The van der Waals surface area contributed by atoms with Gasteiger partial charge >= 0.3 is 5.97 Å². The molecule has 1 heterocycles. The van der Waals surface area contributed by atoms with Crippen molar-refractivity contribution in [2.75, 3.05) is 6.67 Å². The van der Waals surface area contributed by atoms with E-state index in [4.69, 9.17) is 5.11 Å². The van der Waals surface area contributed by atoms with Crippen molar-refractivity contribution in [1.82, 2.24) is 15.1 Å². The Balaban J connectivity index is 2.43. The van der Waals surface area contributed by atoms with Gasteiger partial charge in [0.25, 0.3) is 5.91 Å². The molecule has 0 radical (unpaired) electrons. The van der Waals surface area contributed by atoms with Crippen LogP contribution in [-0.4, -0.2) is 39.5 Å². The van der Waals surface area contributed by atoms with Crippen LogP contribution in [0.5, 0.6) is 0 Å². The highest BCUT2D eigenvalue weighted by atomic mass is 19.1. The predicted molar refractivity (Wildman–Crippen MR) is 87.1 cm³/mol. The molecular formula is C17H20FN3O3. The van der Waals surface area contributed by atoms with Crippen LogP contribution in [0.15, 0.2) is 36.5 Å². The van der Waals surface area contributed by atoms with Crippen LogP contribution in [0.1, 0.15) is 36.8 Å². The number of carbonyl (C=O) groups excluding carboxylic acids is 1. The van der Waals surface area contributed by atoms with Crippen molar-refractivity contribution in [3.8, 4) is 5.69 Å². The first-order valence-electron chi connectivity index (χ1n) is 7.49. The quantitative estimate of drug-likeness (QED) is 0.879. The summed E-state index contributed by atoms with van der Waals surface area (Å²) in [5.74, 6) is -2.08. The number of aromatic nitrogens is 2. The summed E-state index contributed by atoms with van der Waals surface area (Å²) in [5.41, 5.74) is 1.06. The molecule has 2 aromatic rings. The number of carbonyl (C=O) groups is 2. The summed E-state index contributed by atoms with van der Waals surface area (Å²) in [4.78, 5) is 23.4. The molecule has 1 unspecified atom stereocenters. The Morgan fingerprint density at radius 2 is 1.92 bits per heavy atom.